The van der Waals surface area contributed by atoms with E-state index in [1.54, 1.807) is 0 Å². The van der Waals surface area contributed by atoms with Crippen molar-refractivity contribution >= 4 is 11.5 Å². The van der Waals surface area contributed by atoms with Gasteiger partial charge in [-0.25, -0.2) is 4.79 Å². The maximum atomic E-state index is 11.2. The van der Waals surface area contributed by atoms with E-state index in [0.717, 1.165) is 17.1 Å². The van der Waals surface area contributed by atoms with Gasteiger partial charge in [-0.3, -0.25) is 0 Å². The summed E-state index contributed by atoms with van der Waals surface area (Å²) in [4.78, 5) is 11.2. The zero-order valence-corrected chi connectivity index (χ0v) is 11.8. The third kappa shape index (κ3) is 3.69. The van der Waals surface area contributed by atoms with Crippen LogP contribution in [0.4, 0.5) is 0 Å². The van der Waals surface area contributed by atoms with E-state index in [1.165, 1.54) is 50.9 Å². The van der Waals surface area contributed by atoms with Gasteiger partial charge in [-0.05, 0) is 42.4 Å². The van der Waals surface area contributed by atoms with E-state index in [-0.39, 0.29) is 5.97 Å². The van der Waals surface area contributed by atoms with E-state index in [1.807, 2.05) is 6.92 Å². The van der Waals surface area contributed by atoms with Gasteiger partial charge in [-0.15, -0.1) is 0 Å². The molecule has 0 N–H and O–H groups in total. The summed E-state index contributed by atoms with van der Waals surface area (Å²) in [6.07, 6.45) is 8.26. The molecule has 0 atom stereocenters. The van der Waals surface area contributed by atoms with Crippen LogP contribution in [-0.4, -0.2) is 13.1 Å². The highest BCUT2D eigenvalue weighted by molar-refractivity contribution is 5.90. The van der Waals surface area contributed by atoms with E-state index in [0.29, 0.717) is 0 Å². The third-order valence-corrected chi connectivity index (χ3v) is 3.98. The fourth-order valence-electron chi connectivity index (χ4n) is 2.77. The van der Waals surface area contributed by atoms with Crippen LogP contribution >= 0.6 is 0 Å². The van der Waals surface area contributed by atoms with Gasteiger partial charge in [0.05, 0.1) is 7.11 Å². The lowest BCUT2D eigenvalue weighted by Crippen LogP contribution is -2.04. The van der Waals surface area contributed by atoms with E-state index in [2.05, 4.69) is 29.0 Å². The molecule has 1 saturated carbocycles. The molecule has 0 radical (unpaired) electrons. The Morgan fingerprint density at radius 3 is 2.37 bits per heavy atom. The highest BCUT2D eigenvalue weighted by atomic mass is 16.5. The first-order valence-corrected chi connectivity index (χ1v) is 7.07. The minimum atomic E-state index is -0.297. The highest BCUT2D eigenvalue weighted by Gasteiger charge is 2.15. The van der Waals surface area contributed by atoms with Crippen LogP contribution in [0.2, 0.25) is 0 Å². The molecule has 0 amide bonds. The van der Waals surface area contributed by atoms with Gasteiger partial charge in [0.25, 0.3) is 0 Å². The number of ether oxygens (including phenoxy) is 1. The van der Waals surface area contributed by atoms with E-state index in [4.69, 9.17) is 0 Å². The molecule has 102 valence electrons. The summed E-state index contributed by atoms with van der Waals surface area (Å²) in [6, 6.07) is 8.64. The molecule has 0 aliphatic heterocycles. The summed E-state index contributed by atoms with van der Waals surface area (Å²) in [5.41, 5.74) is 3.47. The first-order valence-electron chi connectivity index (χ1n) is 7.07. The number of hydrogen-bond donors (Lipinski definition) is 0. The summed E-state index contributed by atoms with van der Waals surface area (Å²) >= 11 is 0. The molecular weight excluding hydrogens is 236 g/mol. The summed E-state index contributed by atoms with van der Waals surface area (Å²) in [5, 5.41) is 0. The standard InChI is InChI=1S/C17H22O2/c1-13(12-17(18)19-2)14-8-10-16(11-9-14)15-6-4-3-5-7-15/h8-12,15H,3-7H2,1-2H3/b13-12-. The Kier molecular flexibility index (Phi) is 4.78. The van der Waals surface area contributed by atoms with Gasteiger partial charge >= 0.3 is 5.97 Å². The van der Waals surface area contributed by atoms with Crippen LogP contribution in [0.15, 0.2) is 30.3 Å². The Bertz CT molecular complexity index is 451. The number of carbonyl (C=O) groups is 1. The number of allylic oxidation sites excluding steroid dienone is 1. The van der Waals surface area contributed by atoms with Crippen molar-refractivity contribution in [2.75, 3.05) is 7.11 Å². The molecule has 0 bridgehead atoms. The van der Waals surface area contributed by atoms with Crippen LogP contribution in [0.25, 0.3) is 5.57 Å². The molecule has 19 heavy (non-hydrogen) atoms. The van der Waals surface area contributed by atoms with Gasteiger partial charge in [0, 0.05) is 6.08 Å². The Hall–Kier alpha value is -1.57. The van der Waals surface area contributed by atoms with Gasteiger partial charge in [0.1, 0.15) is 0 Å². The molecule has 0 aromatic heterocycles. The van der Waals surface area contributed by atoms with E-state index in [9.17, 15) is 4.79 Å². The average Bonchev–Trinajstić information content (AvgIpc) is 2.48. The number of hydrogen-bond acceptors (Lipinski definition) is 2. The first kappa shape index (κ1) is 13.9. The van der Waals surface area contributed by atoms with Crippen molar-refractivity contribution < 1.29 is 9.53 Å². The molecule has 2 heteroatoms. The van der Waals surface area contributed by atoms with Crippen molar-refractivity contribution in [1.29, 1.82) is 0 Å². The Morgan fingerprint density at radius 2 is 1.79 bits per heavy atom. The second-order valence-electron chi connectivity index (χ2n) is 5.31. The van der Waals surface area contributed by atoms with Crippen LogP contribution < -0.4 is 0 Å². The normalized spacial score (nSPS) is 17.3. The number of rotatable bonds is 3. The second kappa shape index (κ2) is 6.55. The van der Waals surface area contributed by atoms with Gasteiger partial charge in [-0.1, -0.05) is 43.5 Å². The Labute approximate surface area is 115 Å². The predicted molar refractivity (Wildman–Crippen MR) is 77.9 cm³/mol. The lowest BCUT2D eigenvalue weighted by Gasteiger charge is -2.22. The van der Waals surface area contributed by atoms with Crippen molar-refractivity contribution in [3.05, 3.63) is 41.5 Å². The molecule has 1 aromatic rings. The molecule has 0 heterocycles. The Morgan fingerprint density at radius 1 is 1.16 bits per heavy atom. The fourth-order valence-corrected chi connectivity index (χ4v) is 2.77. The summed E-state index contributed by atoms with van der Waals surface area (Å²) in [6.45, 7) is 1.94. The Balaban J connectivity index is 2.09. The molecule has 1 fully saturated rings. The number of methoxy groups -OCH3 is 1. The van der Waals surface area contributed by atoms with Gasteiger partial charge < -0.3 is 4.74 Å². The van der Waals surface area contributed by atoms with Crippen molar-refractivity contribution in [1.82, 2.24) is 0 Å². The zero-order chi connectivity index (χ0) is 13.7. The largest absolute Gasteiger partial charge is 0.466 e. The zero-order valence-electron chi connectivity index (χ0n) is 11.8. The maximum Gasteiger partial charge on any atom is 0.330 e. The van der Waals surface area contributed by atoms with Crippen LogP contribution in [-0.2, 0) is 9.53 Å². The fraction of sp³-hybridized carbons (Fsp3) is 0.471. The number of benzene rings is 1. The molecule has 1 aliphatic carbocycles. The number of carbonyl (C=O) groups excluding carboxylic acids is 1. The molecule has 0 spiro atoms. The molecular formula is C17H22O2. The highest BCUT2D eigenvalue weighted by Crippen LogP contribution is 2.33. The topological polar surface area (TPSA) is 26.3 Å². The molecule has 1 aliphatic rings. The van der Waals surface area contributed by atoms with E-state index < -0.39 is 0 Å². The van der Waals surface area contributed by atoms with E-state index >= 15 is 0 Å². The third-order valence-electron chi connectivity index (χ3n) is 3.98. The monoisotopic (exact) mass is 258 g/mol. The van der Waals surface area contributed by atoms with Crippen LogP contribution in [0, 0.1) is 0 Å². The quantitative estimate of drug-likeness (QED) is 0.596. The first-order chi connectivity index (χ1) is 9.20. The van der Waals surface area contributed by atoms with Crippen molar-refractivity contribution in [2.24, 2.45) is 0 Å². The lowest BCUT2D eigenvalue weighted by molar-refractivity contribution is -0.134. The smallest absolute Gasteiger partial charge is 0.330 e. The molecule has 0 saturated heterocycles. The summed E-state index contributed by atoms with van der Waals surface area (Å²) in [5.74, 6) is 0.432. The minimum absolute atomic E-state index is 0.297. The minimum Gasteiger partial charge on any atom is -0.466 e. The van der Waals surface area contributed by atoms with Gasteiger partial charge in [0.2, 0.25) is 0 Å². The lowest BCUT2D eigenvalue weighted by atomic mass is 9.84. The molecule has 2 rings (SSSR count). The SMILES string of the molecule is COC(=O)/C=C(/C)c1ccc(C2CCCCC2)cc1. The van der Waals surface area contributed by atoms with Crippen LogP contribution in [0.5, 0.6) is 0 Å². The number of esters is 1. The van der Waals surface area contributed by atoms with Crippen molar-refractivity contribution in [3.63, 3.8) is 0 Å². The van der Waals surface area contributed by atoms with Gasteiger partial charge in [-0.2, -0.15) is 0 Å². The molecule has 0 unspecified atom stereocenters. The maximum absolute atomic E-state index is 11.2. The summed E-state index contributed by atoms with van der Waals surface area (Å²) in [7, 11) is 1.40. The molecule has 1 aromatic carbocycles. The van der Waals surface area contributed by atoms with Crippen molar-refractivity contribution in [3.8, 4) is 0 Å². The van der Waals surface area contributed by atoms with Gasteiger partial charge in [0.15, 0.2) is 0 Å². The second-order valence-corrected chi connectivity index (χ2v) is 5.31. The van der Waals surface area contributed by atoms with Crippen LogP contribution in [0.1, 0.15) is 56.1 Å². The molecule has 2 nitrogen and oxygen atoms in total. The van der Waals surface area contributed by atoms with Crippen molar-refractivity contribution in [2.45, 2.75) is 44.9 Å². The van der Waals surface area contributed by atoms with Crippen LogP contribution in [0.3, 0.4) is 0 Å². The summed E-state index contributed by atoms with van der Waals surface area (Å²) < 4.78 is 4.65. The average molecular weight is 258 g/mol. The predicted octanol–water partition coefficient (Wildman–Crippen LogP) is 4.31.